The summed E-state index contributed by atoms with van der Waals surface area (Å²) in [6, 6.07) is 3.39. The largest absolute Gasteiger partial charge is 0.471 e. The number of anilines is 2. The number of benzene rings is 1. The molecule has 4 nitrogen and oxygen atoms in total. The highest BCUT2D eigenvalue weighted by Gasteiger charge is 2.38. The smallest absolute Gasteiger partial charge is 0.369 e. The molecule has 0 unspecified atom stereocenters. The van der Waals surface area contributed by atoms with Crippen LogP contribution in [0, 0.1) is 11.7 Å². The Morgan fingerprint density at radius 3 is 2.41 bits per heavy atom. The molecule has 120 valence electrons. The second kappa shape index (κ2) is 6.33. The van der Waals surface area contributed by atoms with Crippen molar-refractivity contribution in [2.45, 2.75) is 19.0 Å². The molecule has 1 aromatic rings. The third-order valence-electron chi connectivity index (χ3n) is 3.54. The maximum absolute atomic E-state index is 14.0. The Kier molecular flexibility index (Phi) is 4.68. The summed E-state index contributed by atoms with van der Waals surface area (Å²) in [6.07, 6.45) is -2.93. The third kappa shape index (κ3) is 3.75. The minimum atomic E-state index is -5.02. The van der Waals surface area contributed by atoms with Crippen molar-refractivity contribution in [3.05, 3.63) is 24.0 Å². The van der Waals surface area contributed by atoms with Gasteiger partial charge in [0.15, 0.2) is 0 Å². The van der Waals surface area contributed by atoms with Crippen molar-refractivity contribution in [2.75, 3.05) is 23.3 Å². The summed E-state index contributed by atoms with van der Waals surface area (Å²) in [5.74, 6) is -2.90. The van der Waals surface area contributed by atoms with Crippen LogP contribution in [0.1, 0.15) is 12.8 Å². The standard InChI is InChI=1S/C14H14F4N2O2/c15-11-7-10(19-13(22)14(16,17)18)1-2-12(11)20-5-3-9(8-21)4-6-20/h1-2,7-9H,3-6H2,(H,19,22). The molecule has 0 aliphatic carbocycles. The molecule has 8 heteroatoms. The number of hydrogen-bond donors (Lipinski definition) is 1. The summed E-state index contributed by atoms with van der Waals surface area (Å²) in [5.41, 5.74) is -0.0132. The van der Waals surface area contributed by atoms with Crippen LogP contribution < -0.4 is 10.2 Å². The van der Waals surface area contributed by atoms with Crippen molar-refractivity contribution < 1.29 is 27.2 Å². The van der Waals surface area contributed by atoms with Crippen LogP contribution in [0.4, 0.5) is 28.9 Å². The molecular weight excluding hydrogens is 304 g/mol. The fraction of sp³-hybridized carbons (Fsp3) is 0.429. The average Bonchev–Trinajstić information content (AvgIpc) is 2.46. The van der Waals surface area contributed by atoms with Gasteiger partial charge in [0.05, 0.1) is 5.69 Å². The van der Waals surface area contributed by atoms with Gasteiger partial charge in [-0.15, -0.1) is 0 Å². The highest BCUT2D eigenvalue weighted by molar-refractivity contribution is 5.95. The van der Waals surface area contributed by atoms with Crippen molar-refractivity contribution in [3.8, 4) is 0 Å². The number of piperidine rings is 1. The molecule has 1 aromatic carbocycles. The van der Waals surface area contributed by atoms with E-state index in [-0.39, 0.29) is 17.3 Å². The summed E-state index contributed by atoms with van der Waals surface area (Å²) in [7, 11) is 0. The minimum Gasteiger partial charge on any atom is -0.369 e. The molecule has 1 saturated heterocycles. The number of alkyl halides is 3. The van der Waals surface area contributed by atoms with Crippen LogP contribution in [0.5, 0.6) is 0 Å². The van der Waals surface area contributed by atoms with E-state index >= 15 is 0 Å². The first-order valence-corrected chi connectivity index (χ1v) is 6.69. The molecule has 0 saturated carbocycles. The Labute approximate surface area is 124 Å². The van der Waals surface area contributed by atoms with E-state index in [9.17, 15) is 27.2 Å². The van der Waals surface area contributed by atoms with E-state index < -0.39 is 17.9 Å². The van der Waals surface area contributed by atoms with Crippen LogP contribution in [0.15, 0.2) is 18.2 Å². The van der Waals surface area contributed by atoms with Gasteiger partial charge in [-0.25, -0.2) is 4.39 Å². The van der Waals surface area contributed by atoms with Gasteiger partial charge in [-0.3, -0.25) is 4.79 Å². The number of amides is 1. The molecule has 1 aliphatic rings. The van der Waals surface area contributed by atoms with Crippen LogP contribution in [0.2, 0.25) is 0 Å². The Balaban J connectivity index is 2.07. The first-order valence-electron chi connectivity index (χ1n) is 6.69. The van der Waals surface area contributed by atoms with Crippen LogP contribution in [-0.4, -0.2) is 31.5 Å². The van der Waals surface area contributed by atoms with Crippen molar-refractivity contribution in [1.82, 2.24) is 0 Å². The fourth-order valence-electron chi connectivity index (χ4n) is 2.32. The zero-order valence-electron chi connectivity index (χ0n) is 11.5. The van der Waals surface area contributed by atoms with Gasteiger partial charge in [-0.05, 0) is 31.0 Å². The molecule has 0 spiro atoms. The monoisotopic (exact) mass is 318 g/mol. The van der Waals surface area contributed by atoms with Crippen molar-refractivity contribution in [2.24, 2.45) is 5.92 Å². The molecule has 0 atom stereocenters. The number of carbonyl (C=O) groups excluding carboxylic acids is 2. The van der Waals surface area contributed by atoms with Crippen molar-refractivity contribution >= 4 is 23.6 Å². The van der Waals surface area contributed by atoms with Gasteiger partial charge >= 0.3 is 12.1 Å². The zero-order valence-corrected chi connectivity index (χ0v) is 11.5. The molecule has 1 heterocycles. The first-order chi connectivity index (χ1) is 10.3. The number of aldehydes is 1. The van der Waals surface area contributed by atoms with Gasteiger partial charge in [-0.2, -0.15) is 13.2 Å². The number of carbonyl (C=O) groups is 2. The van der Waals surface area contributed by atoms with Crippen LogP contribution in [0.25, 0.3) is 0 Å². The number of rotatable bonds is 3. The lowest BCUT2D eigenvalue weighted by Crippen LogP contribution is -2.34. The van der Waals surface area contributed by atoms with E-state index in [0.29, 0.717) is 25.9 Å². The summed E-state index contributed by atoms with van der Waals surface area (Å²) < 4.78 is 50.4. The van der Waals surface area contributed by atoms with Crippen molar-refractivity contribution in [1.29, 1.82) is 0 Å². The van der Waals surface area contributed by atoms with E-state index in [1.54, 1.807) is 10.2 Å². The van der Waals surface area contributed by atoms with Gasteiger partial charge < -0.3 is 15.0 Å². The predicted octanol–water partition coefficient (Wildman–Crippen LogP) is 2.74. The number of halogens is 4. The average molecular weight is 318 g/mol. The van der Waals surface area contributed by atoms with Gasteiger partial charge in [0.2, 0.25) is 0 Å². The van der Waals surface area contributed by atoms with Gasteiger partial charge in [0.1, 0.15) is 12.1 Å². The second-order valence-electron chi connectivity index (χ2n) is 5.08. The van der Waals surface area contributed by atoms with E-state index in [4.69, 9.17) is 0 Å². The van der Waals surface area contributed by atoms with Crippen molar-refractivity contribution in [3.63, 3.8) is 0 Å². The Morgan fingerprint density at radius 2 is 1.91 bits per heavy atom. The highest BCUT2D eigenvalue weighted by atomic mass is 19.4. The van der Waals surface area contributed by atoms with Crippen LogP contribution in [-0.2, 0) is 9.59 Å². The number of hydrogen-bond acceptors (Lipinski definition) is 3. The van der Waals surface area contributed by atoms with E-state index in [2.05, 4.69) is 0 Å². The first kappa shape index (κ1) is 16.3. The minimum absolute atomic E-state index is 0.0374. The molecule has 0 bridgehead atoms. The van der Waals surface area contributed by atoms with E-state index in [1.165, 1.54) is 12.1 Å². The quantitative estimate of drug-likeness (QED) is 0.689. The summed E-state index contributed by atoms with van der Waals surface area (Å²) in [4.78, 5) is 23.2. The van der Waals surface area contributed by atoms with Gasteiger partial charge in [0, 0.05) is 24.7 Å². The lowest BCUT2D eigenvalue weighted by atomic mass is 9.98. The predicted molar refractivity (Wildman–Crippen MR) is 72.1 cm³/mol. The van der Waals surface area contributed by atoms with E-state index in [0.717, 1.165) is 12.4 Å². The molecule has 0 radical (unpaired) electrons. The lowest BCUT2D eigenvalue weighted by Gasteiger charge is -2.31. The maximum atomic E-state index is 14.0. The summed E-state index contributed by atoms with van der Waals surface area (Å²) in [5, 5.41) is 1.60. The molecule has 0 aromatic heterocycles. The second-order valence-corrected chi connectivity index (χ2v) is 5.08. The molecule has 2 rings (SSSR count). The molecule has 1 fully saturated rings. The molecule has 1 amide bonds. The summed E-state index contributed by atoms with van der Waals surface area (Å²) >= 11 is 0. The normalized spacial score (nSPS) is 16.5. The topological polar surface area (TPSA) is 49.4 Å². The Bertz CT molecular complexity index is 566. The highest BCUT2D eigenvalue weighted by Crippen LogP contribution is 2.27. The molecule has 1 N–H and O–H groups in total. The maximum Gasteiger partial charge on any atom is 0.471 e. The van der Waals surface area contributed by atoms with E-state index in [1.807, 2.05) is 0 Å². The molecular formula is C14H14F4N2O2. The SMILES string of the molecule is O=CC1CCN(c2ccc(NC(=O)C(F)(F)F)cc2F)CC1. The van der Waals surface area contributed by atoms with Gasteiger partial charge in [-0.1, -0.05) is 0 Å². The third-order valence-corrected chi connectivity index (χ3v) is 3.54. The molecule has 1 aliphatic heterocycles. The van der Waals surface area contributed by atoms with Crippen LogP contribution in [0.3, 0.4) is 0 Å². The number of nitrogens with one attached hydrogen (secondary N) is 1. The molecule has 22 heavy (non-hydrogen) atoms. The fourth-order valence-corrected chi connectivity index (χ4v) is 2.32. The zero-order chi connectivity index (χ0) is 16.3. The lowest BCUT2D eigenvalue weighted by molar-refractivity contribution is -0.167. The number of nitrogens with zero attached hydrogens (tertiary/aromatic N) is 1. The Morgan fingerprint density at radius 1 is 1.27 bits per heavy atom. The summed E-state index contributed by atoms with van der Waals surface area (Å²) in [6.45, 7) is 0.989. The van der Waals surface area contributed by atoms with Gasteiger partial charge in [0.25, 0.3) is 0 Å². The van der Waals surface area contributed by atoms with Crippen LogP contribution >= 0.6 is 0 Å². The Hall–Kier alpha value is -2.12.